The van der Waals surface area contributed by atoms with Gasteiger partial charge >= 0.3 is 0 Å². The molecule has 248 valence electrons. The zero-order valence-electron chi connectivity index (χ0n) is 29.9. The third-order valence-corrected chi connectivity index (χ3v) is 14.3. The first kappa shape index (κ1) is 33.2. The predicted octanol–water partition coefficient (Wildman–Crippen LogP) is 8.09. The van der Waals surface area contributed by atoms with Gasteiger partial charge in [0.1, 0.15) is 0 Å². The fraction of sp³-hybridized carbons (Fsp3) is 0.732. The molecule has 5 aliphatic rings. The van der Waals surface area contributed by atoms with E-state index in [9.17, 15) is 9.90 Å². The molecule has 4 heteroatoms. The van der Waals surface area contributed by atoms with E-state index < -0.39 is 6.10 Å². The third kappa shape index (κ3) is 5.15. The summed E-state index contributed by atoms with van der Waals surface area (Å²) in [5, 5.41) is 15.5. The van der Waals surface area contributed by atoms with Gasteiger partial charge < -0.3 is 15.3 Å². The average Bonchev–Trinajstić information content (AvgIpc) is 3.29. The van der Waals surface area contributed by atoms with Crippen molar-refractivity contribution in [3.8, 4) is 0 Å². The lowest BCUT2D eigenvalue weighted by Crippen LogP contribution is -2.61. The number of ketones is 1. The second kappa shape index (κ2) is 11.7. The van der Waals surface area contributed by atoms with Crippen LogP contribution < -0.4 is 5.32 Å². The number of carbonyl (C=O) groups is 1. The number of hydrogen-bond donors (Lipinski definition) is 2. The Bertz CT molecular complexity index is 1350. The van der Waals surface area contributed by atoms with Gasteiger partial charge in [-0.1, -0.05) is 83.0 Å². The third-order valence-electron chi connectivity index (χ3n) is 14.3. The maximum Gasteiger partial charge on any atom is 0.160 e. The Morgan fingerprint density at radius 3 is 2.33 bits per heavy atom. The van der Waals surface area contributed by atoms with Gasteiger partial charge in [0.2, 0.25) is 0 Å². The highest BCUT2D eigenvalue weighted by Gasteiger charge is 2.66. The lowest BCUT2D eigenvalue weighted by Gasteiger charge is -2.68. The molecule has 2 N–H and O–H groups in total. The topological polar surface area (TPSA) is 52.6 Å². The Labute approximate surface area is 274 Å². The monoisotopic (exact) mass is 614 g/mol. The molecule has 0 spiro atoms. The lowest BCUT2D eigenvalue weighted by atomic mass is 9.37. The molecule has 1 aromatic carbocycles. The molecule has 5 aliphatic carbocycles. The first-order valence-electron chi connectivity index (χ1n) is 18.3. The van der Waals surface area contributed by atoms with Crippen LogP contribution in [0.15, 0.2) is 41.5 Å². The summed E-state index contributed by atoms with van der Waals surface area (Å²) in [6, 6.07) is 9.22. The van der Waals surface area contributed by atoms with Crippen LogP contribution in [-0.4, -0.2) is 55.6 Å². The molecule has 45 heavy (non-hydrogen) atoms. The minimum absolute atomic E-state index is 0.136. The van der Waals surface area contributed by atoms with Gasteiger partial charge in [0.25, 0.3) is 0 Å². The summed E-state index contributed by atoms with van der Waals surface area (Å²) in [5.41, 5.74) is 7.07. The Morgan fingerprint density at radius 2 is 1.67 bits per heavy atom. The number of hydrogen-bond acceptors (Lipinski definition) is 4. The molecule has 1 aromatic rings. The number of fused-ring (bicyclic) bond motifs is 7. The Hall–Kier alpha value is -1.75. The Morgan fingerprint density at radius 1 is 0.956 bits per heavy atom. The van der Waals surface area contributed by atoms with Gasteiger partial charge in [-0.05, 0) is 129 Å². The minimum Gasteiger partial charge on any atom is -0.391 e. The maximum atomic E-state index is 13.8. The maximum absolute atomic E-state index is 13.8. The van der Waals surface area contributed by atoms with Gasteiger partial charge in [0.15, 0.2) is 5.78 Å². The molecule has 4 nitrogen and oxygen atoms in total. The zero-order chi connectivity index (χ0) is 32.5. The summed E-state index contributed by atoms with van der Waals surface area (Å²) < 4.78 is 0. The smallest absolute Gasteiger partial charge is 0.160 e. The van der Waals surface area contributed by atoms with E-state index in [0.29, 0.717) is 42.4 Å². The van der Waals surface area contributed by atoms with E-state index >= 15 is 0 Å². The normalized spacial score (nSPS) is 38.0. The standard InChI is InChI=1S/C41H62N2O2/c1-26(2)36-32(44)24-41(35(45)25-42-22-23-43(8)9)21-17-31-29(37(36)41)14-15-34-39(31,6)20-18-33-38(4,5)30(16-19-40(33,34)7)28-12-10-27(3)11-13-28/h10-13,16,26,29,31,33-35,42,45H,14-15,17-25H2,1-9H3. The van der Waals surface area contributed by atoms with Crippen molar-refractivity contribution < 1.29 is 9.90 Å². The largest absolute Gasteiger partial charge is 0.391 e. The fourth-order valence-corrected chi connectivity index (χ4v) is 12.3. The van der Waals surface area contributed by atoms with E-state index in [1.807, 2.05) is 0 Å². The van der Waals surface area contributed by atoms with E-state index in [1.54, 1.807) is 5.57 Å². The summed E-state index contributed by atoms with van der Waals surface area (Å²) in [6.45, 7) is 19.3. The van der Waals surface area contributed by atoms with Crippen LogP contribution in [0, 0.1) is 58.2 Å². The van der Waals surface area contributed by atoms with Crippen LogP contribution >= 0.6 is 0 Å². The molecule has 0 aliphatic heterocycles. The lowest BCUT2D eigenvalue weighted by molar-refractivity contribution is -0.159. The number of aliphatic hydroxyl groups is 1. The highest BCUT2D eigenvalue weighted by Crippen LogP contribution is 2.73. The number of allylic oxidation sites excluding steroid dienone is 3. The molecule has 6 rings (SSSR count). The average molecular weight is 615 g/mol. The number of benzene rings is 1. The molecule has 8 unspecified atom stereocenters. The molecule has 3 saturated carbocycles. The van der Waals surface area contributed by atoms with Gasteiger partial charge in [-0.3, -0.25) is 4.79 Å². The van der Waals surface area contributed by atoms with Gasteiger partial charge in [0, 0.05) is 31.5 Å². The van der Waals surface area contributed by atoms with Crippen molar-refractivity contribution in [1.29, 1.82) is 0 Å². The molecule has 0 saturated heterocycles. The van der Waals surface area contributed by atoms with Crippen LogP contribution in [0.2, 0.25) is 0 Å². The van der Waals surface area contributed by atoms with Crippen LogP contribution in [0.1, 0.15) is 104 Å². The second-order valence-corrected chi connectivity index (χ2v) is 17.7. The number of rotatable bonds is 8. The first-order chi connectivity index (χ1) is 21.2. The minimum atomic E-state index is -0.515. The number of nitrogens with one attached hydrogen (secondary N) is 1. The van der Waals surface area contributed by atoms with Gasteiger partial charge in [-0.15, -0.1) is 0 Å². The molecular formula is C41H62N2O2. The number of likely N-dealkylation sites (N-methyl/N-ethyl adjacent to an activating group) is 1. The summed E-state index contributed by atoms with van der Waals surface area (Å²) in [4.78, 5) is 16.0. The summed E-state index contributed by atoms with van der Waals surface area (Å²) in [5.74, 6) is 2.90. The molecule has 8 atom stereocenters. The van der Waals surface area contributed by atoms with Crippen LogP contribution in [-0.2, 0) is 4.79 Å². The quantitative estimate of drug-likeness (QED) is 0.291. The molecule has 0 amide bonds. The van der Waals surface area contributed by atoms with E-state index in [0.717, 1.165) is 31.5 Å². The van der Waals surface area contributed by atoms with Crippen molar-refractivity contribution in [2.24, 2.45) is 51.2 Å². The van der Waals surface area contributed by atoms with Crippen molar-refractivity contribution in [2.45, 2.75) is 106 Å². The predicted molar refractivity (Wildman–Crippen MR) is 187 cm³/mol. The highest BCUT2D eigenvalue weighted by atomic mass is 16.3. The molecule has 0 bridgehead atoms. The van der Waals surface area contributed by atoms with Crippen molar-refractivity contribution in [3.63, 3.8) is 0 Å². The second-order valence-electron chi connectivity index (χ2n) is 17.7. The molecule has 3 fully saturated rings. The van der Waals surface area contributed by atoms with Crippen LogP contribution in [0.4, 0.5) is 0 Å². The number of aliphatic hydroxyl groups excluding tert-OH is 1. The van der Waals surface area contributed by atoms with E-state index in [1.165, 1.54) is 48.8 Å². The summed E-state index contributed by atoms with van der Waals surface area (Å²) in [6.07, 6.45) is 10.9. The van der Waals surface area contributed by atoms with Crippen molar-refractivity contribution in [3.05, 3.63) is 52.6 Å². The SMILES string of the molecule is Cc1ccc(C2=CCC3(C)C(CCC4(C)C5CCC6(C(O)CNCCN(C)C)CC(=O)C(C(C)C)=C6C5CCC43)C2(C)C)cc1. The van der Waals surface area contributed by atoms with Crippen LogP contribution in [0.3, 0.4) is 0 Å². The van der Waals surface area contributed by atoms with Gasteiger partial charge in [-0.2, -0.15) is 0 Å². The van der Waals surface area contributed by atoms with E-state index in [2.05, 4.69) is 103 Å². The molecule has 0 aromatic heterocycles. The van der Waals surface area contributed by atoms with Crippen LogP contribution in [0.5, 0.6) is 0 Å². The molecule has 0 heterocycles. The number of nitrogens with zero attached hydrogens (tertiary/aromatic N) is 1. The molecular weight excluding hydrogens is 552 g/mol. The van der Waals surface area contributed by atoms with Crippen molar-refractivity contribution in [2.75, 3.05) is 33.7 Å². The Kier molecular flexibility index (Phi) is 8.65. The van der Waals surface area contributed by atoms with Gasteiger partial charge in [-0.25, -0.2) is 0 Å². The number of carbonyl (C=O) groups excluding carboxylic acids is 1. The first-order valence-corrected chi connectivity index (χ1v) is 18.3. The van der Waals surface area contributed by atoms with Crippen LogP contribution in [0.25, 0.3) is 5.57 Å². The highest BCUT2D eigenvalue weighted by molar-refractivity contribution is 6.00. The summed E-state index contributed by atoms with van der Waals surface area (Å²) >= 11 is 0. The van der Waals surface area contributed by atoms with Crippen molar-refractivity contribution >= 4 is 11.4 Å². The van der Waals surface area contributed by atoms with Crippen molar-refractivity contribution in [1.82, 2.24) is 10.2 Å². The number of Topliss-reactive ketones (excluding diaryl/α,β-unsaturated/α-hetero) is 1. The van der Waals surface area contributed by atoms with Gasteiger partial charge in [0.05, 0.1) is 6.10 Å². The Balaban J connectivity index is 1.32. The summed E-state index contributed by atoms with van der Waals surface area (Å²) in [7, 11) is 4.17. The number of aryl methyl sites for hydroxylation is 1. The fourth-order valence-electron chi connectivity index (χ4n) is 12.3. The zero-order valence-corrected chi connectivity index (χ0v) is 29.9. The van der Waals surface area contributed by atoms with E-state index in [-0.39, 0.29) is 27.6 Å². The van der Waals surface area contributed by atoms with E-state index in [4.69, 9.17) is 0 Å². The molecule has 0 radical (unpaired) electrons.